The fraction of sp³-hybridized carbons (Fsp3) is 0.462. The van der Waals surface area contributed by atoms with Gasteiger partial charge in [0.25, 0.3) is 0 Å². The number of imidazole rings is 1. The maximum atomic E-state index is 12.0. The molecule has 0 spiro atoms. The van der Waals surface area contributed by atoms with Gasteiger partial charge in [0.2, 0.25) is 0 Å². The standard InChI is InChI=1S/C13H19N3O2/c1-3-6-15-7-8-16(13(15)17)10-12-5-4-11(18-12)9-14-2/h4-5,7-8,14H,3,6,9-10H2,1-2H3. The minimum absolute atomic E-state index is 0.0171. The molecule has 0 amide bonds. The highest BCUT2D eigenvalue weighted by atomic mass is 16.3. The van der Waals surface area contributed by atoms with Crippen LogP contribution in [0.25, 0.3) is 0 Å². The van der Waals surface area contributed by atoms with Crippen LogP contribution < -0.4 is 11.0 Å². The number of aromatic nitrogens is 2. The summed E-state index contributed by atoms with van der Waals surface area (Å²) in [7, 11) is 1.87. The molecule has 2 rings (SSSR count). The van der Waals surface area contributed by atoms with Gasteiger partial charge in [-0.3, -0.25) is 9.13 Å². The molecule has 2 aromatic rings. The molecule has 0 bridgehead atoms. The average Bonchev–Trinajstić information content (AvgIpc) is 2.92. The van der Waals surface area contributed by atoms with Crippen molar-refractivity contribution >= 4 is 0 Å². The van der Waals surface area contributed by atoms with Gasteiger partial charge in [-0.05, 0) is 25.6 Å². The summed E-state index contributed by atoms with van der Waals surface area (Å²) in [6, 6.07) is 3.84. The molecule has 0 atom stereocenters. The molecule has 0 aliphatic carbocycles. The molecule has 0 fully saturated rings. The van der Waals surface area contributed by atoms with E-state index in [1.54, 1.807) is 15.3 Å². The minimum atomic E-state index is 0.0171. The maximum Gasteiger partial charge on any atom is 0.328 e. The first-order valence-electron chi connectivity index (χ1n) is 6.22. The van der Waals surface area contributed by atoms with Crippen LogP contribution in [0.1, 0.15) is 24.9 Å². The van der Waals surface area contributed by atoms with Crippen LogP contribution in [0.3, 0.4) is 0 Å². The molecular formula is C13H19N3O2. The first kappa shape index (κ1) is 12.7. The third-order valence-corrected chi connectivity index (χ3v) is 2.78. The van der Waals surface area contributed by atoms with E-state index in [0.29, 0.717) is 13.1 Å². The highest BCUT2D eigenvalue weighted by Gasteiger charge is 2.06. The Labute approximate surface area is 106 Å². The molecule has 98 valence electrons. The summed E-state index contributed by atoms with van der Waals surface area (Å²) >= 11 is 0. The van der Waals surface area contributed by atoms with Crippen LogP contribution >= 0.6 is 0 Å². The van der Waals surface area contributed by atoms with Crippen LogP contribution in [0.5, 0.6) is 0 Å². The van der Waals surface area contributed by atoms with E-state index in [1.807, 2.05) is 25.4 Å². The summed E-state index contributed by atoms with van der Waals surface area (Å²) in [5, 5.41) is 3.03. The summed E-state index contributed by atoms with van der Waals surface area (Å²) in [6.45, 7) is 4.00. The van der Waals surface area contributed by atoms with E-state index in [-0.39, 0.29) is 5.69 Å². The zero-order valence-electron chi connectivity index (χ0n) is 10.8. The molecule has 0 unspecified atom stereocenters. The van der Waals surface area contributed by atoms with Gasteiger partial charge in [-0.2, -0.15) is 0 Å². The van der Waals surface area contributed by atoms with Crippen molar-refractivity contribution in [1.82, 2.24) is 14.5 Å². The van der Waals surface area contributed by atoms with Crippen LogP contribution in [0, 0.1) is 0 Å². The van der Waals surface area contributed by atoms with Gasteiger partial charge >= 0.3 is 5.69 Å². The van der Waals surface area contributed by atoms with Crippen LogP contribution in [0.2, 0.25) is 0 Å². The lowest BCUT2D eigenvalue weighted by Gasteiger charge is -1.99. The number of nitrogens with zero attached hydrogens (tertiary/aromatic N) is 2. The fourth-order valence-electron chi connectivity index (χ4n) is 1.93. The monoisotopic (exact) mass is 249 g/mol. The third kappa shape index (κ3) is 2.73. The average molecular weight is 249 g/mol. The fourth-order valence-corrected chi connectivity index (χ4v) is 1.93. The Morgan fingerprint density at radius 3 is 2.67 bits per heavy atom. The molecule has 5 nitrogen and oxygen atoms in total. The van der Waals surface area contributed by atoms with Crippen molar-refractivity contribution in [3.63, 3.8) is 0 Å². The molecule has 0 aromatic carbocycles. The van der Waals surface area contributed by atoms with Gasteiger partial charge in [0.05, 0.1) is 13.1 Å². The Bertz CT molecular complexity index is 551. The van der Waals surface area contributed by atoms with Crippen LogP contribution in [0.15, 0.2) is 33.7 Å². The maximum absolute atomic E-state index is 12.0. The Hall–Kier alpha value is -1.75. The highest BCUT2D eigenvalue weighted by Crippen LogP contribution is 2.08. The summed E-state index contributed by atoms with van der Waals surface area (Å²) in [4.78, 5) is 12.0. The molecule has 2 aromatic heterocycles. The second-order valence-corrected chi connectivity index (χ2v) is 4.30. The number of hydrogen-bond acceptors (Lipinski definition) is 3. The van der Waals surface area contributed by atoms with Crippen molar-refractivity contribution in [2.75, 3.05) is 7.05 Å². The SMILES string of the molecule is CCCn1ccn(Cc2ccc(CNC)o2)c1=O. The van der Waals surface area contributed by atoms with Gasteiger partial charge in [-0.1, -0.05) is 6.92 Å². The molecule has 2 heterocycles. The zero-order valence-corrected chi connectivity index (χ0v) is 10.8. The molecule has 0 radical (unpaired) electrons. The Kier molecular flexibility index (Phi) is 4.04. The van der Waals surface area contributed by atoms with Crippen molar-refractivity contribution < 1.29 is 4.42 Å². The molecule has 0 saturated heterocycles. The van der Waals surface area contributed by atoms with E-state index in [0.717, 1.165) is 24.5 Å². The van der Waals surface area contributed by atoms with Gasteiger partial charge in [-0.15, -0.1) is 0 Å². The smallest absolute Gasteiger partial charge is 0.328 e. The Morgan fingerprint density at radius 1 is 1.22 bits per heavy atom. The summed E-state index contributed by atoms with van der Waals surface area (Å²) in [6.07, 6.45) is 4.58. The topological polar surface area (TPSA) is 52.1 Å². The molecule has 0 aliphatic heterocycles. The minimum Gasteiger partial charge on any atom is -0.463 e. The number of hydrogen-bond donors (Lipinski definition) is 1. The number of rotatable bonds is 6. The first-order valence-corrected chi connectivity index (χ1v) is 6.22. The predicted molar refractivity (Wildman–Crippen MR) is 69.6 cm³/mol. The van der Waals surface area contributed by atoms with Crippen molar-refractivity contribution in [2.24, 2.45) is 0 Å². The molecule has 18 heavy (non-hydrogen) atoms. The molecule has 5 heteroatoms. The van der Waals surface area contributed by atoms with Crippen molar-refractivity contribution in [3.05, 3.63) is 46.5 Å². The second-order valence-electron chi connectivity index (χ2n) is 4.30. The first-order chi connectivity index (χ1) is 8.74. The van der Waals surface area contributed by atoms with E-state index in [4.69, 9.17) is 4.42 Å². The van der Waals surface area contributed by atoms with Gasteiger partial charge in [-0.25, -0.2) is 4.79 Å². The van der Waals surface area contributed by atoms with Crippen molar-refractivity contribution in [3.8, 4) is 0 Å². The number of aryl methyl sites for hydroxylation is 1. The molecular weight excluding hydrogens is 230 g/mol. The number of nitrogens with one attached hydrogen (secondary N) is 1. The summed E-state index contributed by atoms with van der Waals surface area (Å²) < 4.78 is 9.00. The van der Waals surface area contributed by atoms with E-state index in [2.05, 4.69) is 12.2 Å². The van der Waals surface area contributed by atoms with Crippen LogP contribution in [0.4, 0.5) is 0 Å². The quantitative estimate of drug-likeness (QED) is 0.842. The molecule has 0 aliphatic rings. The highest BCUT2D eigenvalue weighted by molar-refractivity contribution is 5.07. The van der Waals surface area contributed by atoms with E-state index in [9.17, 15) is 4.79 Å². The summed E-state index contributed by atoms with van der Waals surface area (Å²) in [5.74, 6) is 1.69. The van der Waals surface area contributed by atoms with Crippen LogP contribution in [-0.4, -0.2) is 16.2 Å². The van der Waals surface area contributed by atoms with E-state index >= 15 is 0 Å². The zero-order chi connectivity index (χ0) is 13.0. The third-order valence-electron chi connectivity index (χ3n) is 2.78. The van der Waals surface area contributed by atoms with Crippen LogP contribution in [-0.2, 0) is 19.6 Å². The number of furan rings is 1. The lowest BCUT2D eigenvalue weighted by atomic mass is 10.4. The summed E-state index contributed by atoms with van der Waals surface area (Å²) in [5.41, 5.74) is 0.0171. The normalized spacial score (nSPS) is 11.0. The van der Waals surface area contributed by atoms with E-state index < -0.39 is 0 Å². The Morgan fingerprint density at radius 2 is 1.94 bits per heavy atom. The van der Waals surface area contributed by atoms with Gasteiger partial charge in [0.1, 0.15) is 11.5 Å². The van der Waals surface area contributed by atoms with Gasteiger partial charge in [0, 0.05) is 18.9 Å². The Balaban J connectivity index is 2.10. The van der Waals surface area contributed by atoms with Crippen molar-refractivity contribution in [1.29, 1.82) is 0 Å². The van der Waals surface area contributed by atoms with Crippen molar-refractivity contribution in [2.45, 2.75) is 33.0 Å². The predicted octanol–water partition coefficient (Wildman–Crippen LogP) is 1.42. The largest absolute Gasteiger partial charge is 0.463 e. The van der Waals surface area contributed by atoms with Gasteiger partial charge in [0.15, 0.2) is 0 Å². The lowest BCUT2D eigenvalue weighted by Crippen LogP contribution is -2.24. The molecule has 0 saturated carbocycles. The second kappa shape index (κ2) is 5.73. The lowest BCUT2D eigenvalue weighted by molar-refractivity contribution is 0.441. The van der Waals surface area contributed by atoms with E-state index in [1.165, 1.54) is 0 Å². The van der Waals surface area contributed by atoms with Gasteiger partial charge < -0.3 is 9.73 Å². The molecule has 1 N–H and O–H groups in total.